The number of hydrazone groups is 1. The molecule has 0 aliphatic carbocycles. The fourth-order valence-electron chi connectivity index (χ4n) is 1.46. The first-order valence-electron chi connectivity index (χ1n) is 5.67. The number of nitrogens with one attached hydrogen (secondary N) is 1. The van der Waals surface area contributed by atoms with Crippen LogP contribution in [-0.4, -0.2) is 23.1 Å². The molecule has 0 spiro atoms. The summed E-state index contributed by atoms with van der Waals surface area (Å²) in [5.74, 6) is -0.200. The van der Waals surface area contributed by atoms with E-state index in [4.69, 9.17) is 0 Å². The zero-order valence-electron chi connectivity index (χ0n) is 10.9. The summed E-state index contributed by atoms with van der Waals surface area (Å²) in [4.78, 5) is 15.5. The molecule has 0 aliphatic rings. The van der Waals surface area contributed by atoms with Crippen molar-refractivity contribution >= 4 is 35.4 Å². The second kappa shape index (κ2) is 8.47. The first-order valence-corrected chi connectivity index (χ1v) is 5.67. The van der Waals surface area contributed by atoms with Crippen molar-refractivity contribution in [1.82, 2.24) is 10.4 Å². The van der Waals surface area contributed by atoms with Gasteiger partial charge in [-0.1, -0.05) is 12.1 Å². The lowest BCUT2D eigenvalue weighted by Crippen LogP contribution is -3.00. The highest BCUT2D eigenvalue weighted by Gasteiger charge is 2.07. The molecule has 0 bridgehead atoms. The summed E-state index contributed by atoms with van der Waals surface area (Å²) in [7, 11) is 0. The molecule has 0 radical (unpaired) electrons. The van der Waals surface area contributed by atoms with Crippen molar-refractivity contribution in [2.75, 3.05) is 0 Å². The second-order valence-electron chi connectivity index (χ2n) is 4.09. The quantitative estimate of drug-likeness (QED) is 0.495. The smallest absolute Gasteiger partial charge is 0.297 e. The highest BCUT2D eigenvalue weighted by Crippen LogP contribution is 2.11. The molecule has 5 nitrogen and oxygen atoms in total. The van der Waals surface area contributed by atoms with E-state index in [1.807, 2.05) is 30.3 Å². The lowest BCUT2D eigenvalue weighted by atomic mass is 10.1. The van der Waals surface area contributed by atoms with Gasteiger partial charge >= 0.3 is 0 Å². The third-order valence-corrected chi connectivity index (χ3v) is 2.46. The van der Waals surface area contributed by atoms with E-state index in [-0.39, 0.29) is 36.8 Å². The van der Waals surface area contributed by atoms with E-state index in [1.165, 1.54) is 0 Å². The summed E-state index contributed by atoms with van der Waals surface area (Å²) < 4.78 is 0. The van der Waals surface area contributed by atoms with Crippen molar-refractivity contribution in [3.63, 3.8) is 0 Å². The Kier molecular flexibility index (Phi) is 7.76. The molecule has 0 saturated carbocycles. The molecule has 1 aromatic heterocycles. The molecule has 2 rings (SSSR count). The predicted molar refractivity (Wildman–Crippen MR) is 77.1 cm³/mol. The van der Waals surface area contributed by atoms with Crippen molar-refractivity contribution in [2.24, 2.45) is 5.10 Å². The predicted octanol–water partition coefficient (Wildman–Crippen LogP) is -2.26. The van der Waals surface area contributed by atoms with Crippen LogP contribution < -0.4 is 23.6 Å². The average molecular weight is 315 g/mol. The fraction of sp³-hybridized carbons (Fsp3) is 0.154. The zero-order chi connectivity index (χ0) is 13.0. The van der Waals surface area contributed by atoms with Crippen molar-refractivity contribution < 1.29 is 22.9 Å². The lowest BCUT2D eigenvalue weighted by molar-refractivity contribution is -0.398. The maximum absolute atomic E-state index is 11.2. The van der Waals surface area contributed by atoms with Crippen LogP contribution >= 0.6 is 12.4 Å². The molecule has 2 aromatic rings. The average Bonchev–Trinajstić information content (AvgIpc) is 2.38. The largest absolute Gasteiger partial charge is 1.00 e. The summed E-state index contributed by atoms with van der Waals surface area (Å²) in [5.41, 5.74) is 7.89. The number of rotatable bonds is 3. The number of carbonyl (C=O) groups excluding carboxylic acids is 1. The van der Waals surface area contributed by atoms with Crippen molar-refractivity contribution in [1.29, 1.82) is 0 Å². The van der Waals surface area contributed by atoms with Crippen LogP contribution in [-0.2, 0) is 4.79 Å². The second-order valence-corrected chi connectivity index (χ2v) is 4.09. The Morgan fingerprint density at radius 3 is 2.90 bits per heavy atom. The number of halogens is 2. The van der Waals surface area contributed by atoms with Gasteiger partial charge in [-0.3, -0.25) is 9.78 Å². The van der Waals surface area contributed by atoms with Crippen molar-refractivity contribution in [3.8, 4) is 0 Å². The molecule has 4 N–H and O–H groups in total. The molecule has 0 fully saturated rings. The molecule has 20 heavy (non-hydrogen) atoms. The Labute approximate surface area is 129 Å². The molecule has 1 atom stereocenters. The van der Waals surface area contributed by atoms with Gasteiger partial charge in [0.15, 0.2) is 6.04 Å². The first kappa shape index (κ1) is 18.3. The van der Waals surface area contributed by atoms with Crippen LogP contribution in [0.25, 0.3) is 10.9 Å². The van der Waals surface area contributed by atoms with E-state index >= 15 is 0 Å². The topological polar surface area (TPSA) is 82.0 Å². The lowest BCUT2D eigenvalue weighted by Gasteiger charge is -2.00. The summed E-state index contributed by atoms with van der Waals surface area (Å²) in [6.07, 6.45) is 3.36. The molecule has 1 aromatic carbocycles. The van der Waals surface area contributed by atoms with Gasteiger partial charge in [0.1, 0.15) is 0 Å². The number of quaternary nitrogens is 1. The number of carbonyl (C=O) groups is 1. The van der Waals surface area contributed by atoms with Gasteiger partial charge < -0.3 is 18.1 Å². The Morgan fingerprint density at radius 1 is 1.45 bits per heavy atom. The van der Waals surface area contributed by atoms with Crippen LogP contribution in [0.2, 0.25) is 0 Å². The zero-order valence-corrected chi connectivity index (χ0v) is 12.5. The molecule has 1 heterocycles. The van der Waals surface area contributed by atoms with Crippen molar-refractivity contribution in [3.05, 3.63) is 42.1 Å². The van der Waals surface area contributed by atoms with Crippen LogP contribution in [0.3, 0.4) is 0 Å². The van der Waals surface area contributed by atoms with Gasteiger partial charge in [-0.2, -0.15) is 5.10 Å². The molecule has 0 aliphatic heterocycles. The summed E-state index contributed by atoms with van der Waals surface area (Å²) in [6.45, 7) is 1.71. The molecule has 1 amide bonds. The number of hydrogen-bond acceptors (Lipinski definition) is 3. The Bertz CT molecular complexity index is 602. The van der Waals surface area contributed by atoms with Gasteiger partial charge in [0, 0.05) is 11.6 Å². The highest BCUT2D eigenvalue weighted by atomic mass is 35.5. The highest BCUT2D eigenvalue weighted by molar-refractivity contribution is 5.89. The van der Waals surface area contributed by atoms with Crippen LogP contribution in [0.1, 0.15) is 12.5 Å². The molecule has 0 saturated heterocycles. The van der Waals surface area contributed by atoms with Crippen molar-refractivity contribution in [2.45, 2.75) is 13.0 Å². The molecule has 0 unspecified atom stereocenters. The number of aromatic nitrogens is 1. The molecule has 7 heteroatoms. The Hall–Kier alpha value is -1.69. The molecular weight excluding hydrogens is 299 g/mol. The number of fused-ring (bicyclic) bond motifs is 1. The van der Waals surface area contributed by atoms with Crippen LogP contribution in [0, 0.1) is 0 Å². The van der Waals surface area contributed by atoms with E-state index in [0.717, 1.165) is 16.5 Å². The third-order valence-electron chi connectivity index (χ3n) is 2.46. The Balaban J connectivity index is 0.00000180. The van der Waals surface area contributed by atoms with Crippen LogP contribution in [0.4, 0.5) is 0 Å². The maximum Gasteiger partial charge on any atom is 0.297 e. The number of nitrogens with zero attached hydrogens (tertiary/aromatic N) is 2. The minimum atomic E-state index is -0.317. The molecule has 108 valence electrons. The first-order chi connectivity index (χ1) is 8.66. The van der Waals surface area contributed by atoms with E-state index in [2.05, 4.69) is 21.2 Å². The van der Waals surface area contributed by atoms with Gasteiger partial charge in [-0.15, -0.1) is 12.4 Å². The monoisotopic (exact) mass is 314 g/mol. The fourth-order valence-corrected chi connectivity index (χ4v) is 1.46. The standard InChI is InChI=1S/C13H14N4O.2ClH/c1-9(14)13(18)17-16-8-10-4-5-12-11(7-10)3-2-6-15-12;;/h2-9H,14H2,1H3,(H,17,18);2*1H/b16-8+;;/t9-;;/m0../s1. The van der Waals surface area contributed by atoms with Gasteiger partial charge in [0.2, 0.25) is 0 Å². The van der Waals surface area contributed by atoms with E-state index in [1.54, 1.807) is 19.3 Å². The van der Waals surface area contributed by atoms with Gasteiger partial charge in [0.05, 0.1) is 11.7 Å². The minimum absolute atomic E-state index is 0. The van der Waals surface area contributed by atoms with Gasteiger partial charge in [0.25, 0.3) is 5.91 Å². The van der Waals surface area contributed by atoms with Crippen LogP contribution in [0.15, 0.2) is 41.6 Å². The van der Waals surface area contributed by atoms with Gasteiger partial charge in [-0.25, -0.2) is 5.43 Å². The third kappa shape index (κ3) is 4.77. The number of amides is 1. The van der Waals surface area contributed by atoms with E-state index in [9.17, 15) is 4.79 Å². The number of hydrogen-bond donors (Lipinski definition) is 2. The SMILES string of the molecule is C[C@H]([NH3+])C(=O)N/N=C/c1ccc2ncccc2c1.Cl.[Cl-]. The number of pyridine rings is 1. The summed E-state index contributed by atoms with van der Waals surface area (Å²) in [6, 6.07) is 9.33. The number of benzene rings is 1. The van der Waals surface area contributed by atoms with E-state index < -0.39 is 0 Å². The van der Waals surface area contributed by atoms with E-state index in [0.29, 0.717) is 0 Å². The van der Waals surface area contributed by atoms with Gasteiger partial charge in [-0.05, 0) is 30.7 Å². The minimum Gasteiger partial charge on any atom is -1.00 e. The Morgan fingerprint density at radius 2 is 2.20 bits per heavy atom. The molecular formula is C13H16Cl2N4O. The van der Waals surface area contributed by atoms with Crippen LogP contribution in [0.5, 0.6) is 0 Å². The maximum atomic E-state index is 11.2. The summed E-state index contributed by atoms with van der Waals surface area (Å²) in [5, 5.41) is 4.92. The summed E-state index contributed by atoms with van der Waals surface area (Å²) >= 11 is 0. The normalized spacial score (nSPS) is 11.5.